The van der Waals surface area contributed by atoms with E-state index in [4.69, 9.17) is 11.6 Å². The van der Waals surface area contributed by atoms with Crippen molar-refractivity contribution in [1.29, 1.82) is 0 Å². The molecule has 0 radical (unpaired) electrons. The van der Waals surface area contributed by atoms with Crippen LogP contribution in [0.3, 0.4) is 0 Å². The van der Waals surface area contributed by atoms with Crippen molar-refractivity contribution in [3.63, 3.8) is 0 Å². The van der Waals surface area contributed by atoms with Crippen LogP contribution in [-0.2, 0) is 6.54 Å². The molecule has 1 heterocycles. The lowest BCUT2D eigenvalue weighted by atomic mass is 10.1. The topological polar surface area (TPSA) is 53.2 Å². The third kappa shape index (κ3) is 3.95. The lowest BCUT2D eigenvalue weighted by Gasteiger charge is -2.24. The van der Waals surface area contributed by atoms with Gasteiger partial charge in [0.25, 0.3) is 5.91 Å². The van der Waals surface area contributed by atoms with E-state index in [-0.39, 0.29) is 17.6 Å². The minimum absolute atomic E-state index is 0.0421. The molecule has 1 aromatic heterocycles. The number of para-hydroxylation sites is 1. The highest BCUT2D eigenvalue weighted by molar-refractivity contribution is 6.31. The van der Waals surface area contributed by atoms with Crippen molar-refractivity contribution < 1.29 is 13.6 Å². The van der Waals surface area contributed by atoms with E-state index < -0.39 is 23.1 Å². The molecule has 0 atom stereocenters. The number of halogens is 3. The molecule has 4 rings (SSSR count). The number of H-pyrrole nitrogens is 1. The summed E-state index contributed by atoms with van der Waals surface area (Å²) < 4.78 is 27.9. The molecule has 4 nitrogen and oxygen atoms in total. The number of aromatic amines is 1. The molecule has 0 bridgehead atoms. The molecule has 0 spiro atoms. The zero-order chi connectivity index (χ0) is 21.3. The number of hydrogen-bond donors (Lipinski definition) is 1. The van der Waals surface area contributed by atoms with Crippen LogP contribution in [0.1, 0.15) is 15.9 Å². The summed E-state index contributed by atoms with van der Waals surface area (Å²) in [7, 11) is 0. The quantitative estimate of drug-likeness (QED) is 0.483. The summed E-state index contributed by atoms with van der Waals surface area (Å²) in [4.78, 5) is 29.2. The molecule has 0 aliphatic carbocycles. The molecular formula is C23H15ClF2N2O2. The fourth-order valence-corrected chi connectivity index (χ4v) is 3.50. The minimum atomic E-state index is -0.572. The van der Waals surface area contributed by atoms with Crippen LogP contribution >= 0.6 is 11.6 Å². The van der Waals surface area contributed by atoms with Gasteiger partial charge in [-0.15, -0.1) is 0 Å². The Balaban J connectivity index is 1.85. The van der Waals surface area contributed by atoms with E-state index in [1.807, 2.05) is 0 Å². The van der Waals surface area contributed by atoms with Gasteiger partial charge in [0.05, 0.1) is 12.1 Å². The number of amides is 1. The lowest BCUT2D eigenvalue weighted by Crippen LogP contribution is -2.31. The van der Waals surface area contributed by atoms with Crippen LogP contribution < -0.4 is 10.5 Å². The number of anilines is 1. The van der Waals surface area contributed by atoms with Gasteiger partial charge in [-0.05, 0) is 48.0 Å². The summed E-state index contributed by atoms with van der Waals surface area (Å²) in [6, 6.07) is 17.7. The predicted octanol–water partition coefficient (Wildman–Crippen LogP) is 5.31. The highest BCUT2D eigenvalue weighted by atomic mass is 35.5. The molecule has 1 amide bonds. The molecule has 30 heavy (non-hydrogen) atoms. The predicted molar refractivity (Wildman–Crippen MR) is 113 cm³/mol. The Kier molecular flexibility index (Phi) is 5.33. The van der Waals surface area contributed by atoms with Gasteiger partial charge in [-0.2, -0.15) is 0 Å². The maximum Gasteiger partial charge on any atom is 0.258 e. The smallest absolute Gasteiger partial charge is 0.258 e. The van der Waals surface area contributed by atoms with Gasteiger partial charge in [-0.3, -0.25) is 9.59 Å². The molecule has 0 saturated carbocycles. The van der Waals surface area contributed by atoms with Gasteiger partial charge >= 0.3 is 0 Å². The highest BCUT2D eigenvalue weighted by Gasteiger charge is 2.21. The average Bonchev–Trinajstić information content (AvgIpc) is 2.72. The summed E-state index contributed by atoms with van der Waals surface area (Å²) in [6.45, 7) is -0.0421. The van der Waals surface area contributed by atoms with Crippen molar-refractivity contribution in [2.24, 2.45) is 0 Å². The van der Waals surface area contributed by atoms with Gasteiger partial charge in [-0.25, -0.2) is 8.78 Å². The largest absolute Gasteiger partial charge is 0.319 e. The van der Waals surface area contributed by atoms with Crippen LogP contribution in [0.2, 0.25) is 5.02 Å². The number of carbonyl (C=O) groups is 1. The Morgan fingerprint density at radius 3 is 2.50 bits per heavy atom. The number of carbonyl (C=O) groups excluding carboxylic acids is 1. The molecule has 0 fully saturated rings. The first-order valence-electron chi connectivity index (χ1n) is 9.06. The average molecular weight is 425 g/mol. The van der Waals surface area contributed by atoms with E-state index in [1.54, 1.807) is 30.3 Å². The van der Waals surface area contributed by atoms with Crippen LogP contribution in [0.25, 0.3) is 10.9 Å². The summed E-state index contributed by atoms with van der Waals surface area (Å²) in [5.74, 6) is -1.60. The summed E-state index contributed by atoms with van der Waals surface area (Å²) in [5.41, 5.74) is 0.603. The number of benzene rings is 3. The number of fused-ring (bicyclic) bond motifs is 1. The Morgan fingerprint density at radius 2 is 1.73 bits per heavy atom. The summed E-state index contributed by atoms with van der Waals surface area (Å²) in [5, 5.41) is 0.875. The van der Waals surface area contributed by atoms with Gasteiger partial charge < -0.3 is 9.88 Å². The maximum atomic E-state index is 14.2. The molecule has 1 N–H and O–H groups in total. The first kappa shape index (κ1) is 19.8. The van der Waals surface area contributed by atoms with Crippen molar-refractivity contribution in [3.05, 3.63) is 111 Å². The van der Waals surface area contributed by atoms with Crippen molar-refractivity contribution in [2.45, 2.75) is 6.54 Å². The zero-order valence-corrected chi connectivity index (χ0v) is 16.3. The van der Waals surface area contributed by atoms with E-state index in [9.17, 15) is 18.4 Å². The number of rotatable bonds is 4. The molecule has 150 valence electrons. The van der Waals surface area contributed by atoms with Crippen LogP contribution in [0, 0.1) is 11.6 Å². The minimum Gasteiger partial charge on any atom is -0.319 e. The number of hydrogen-bond acceptors (Lipinski definition) is 2. The van der Waals surface area contributed by atoms with Crippen LogP contribution in [0.4, 0.5) is 14.5 Å². The Hall–Kier alpha value is -3.51. The van der Waals surface area contributed by atoms with Crippen molar-refractivity contribution >= 4 is 34.1 Å². The molecule has 0 aliphatic rings. The fourth-order valence-electron chi connectivity index (χ4n) is 3.32. The van der Waals surface area contributed by atoms with Gasteiger partial charge in [-0.1, -0.05) is 35.9 Å². The third-order valence-electron chi connectivity index (χ3n) is 4.68. The van der Waals surface area contributed by atoms with Crippen LogP contribution in [0.15, 0.2) is 77.6 Å². The van der Waals surface area contributed by atoms with Crippen LogP contribution in [-0.4, -0.2) is 10.9 Å². The molecule has 0 aliphatic heterocycles. The van der Waals surface area contributed by atoms with E-state index >= 15 is 0 Å². The summed E-state index contributed by atoms with van der Waals surface area (Å²) >= 11 is 6.11. The van der Waals surface area contributed by atoms with Crippen molar-refractivity contribution in [2.75, 3.05) is 4.90 Å². The van der Waals surface area contributed by atoms with Gasteiger partial charge in [0, 0.05) is 27.7 Å². The number of pyridine rings is 1. The molecule has 0 saturated heterocycles. The SMILES string of the molecule is O=C(c1cccc(F)c1)N(Cc1cc(=O)[nH]c2c(F)cccc12)c1cccc(Cl)c1. The van der Waals surface area contributed by atoms with Crippen LogP contribution in [0.5, 0.6) is 0 Å². The molecule has 0 unspecified atom stereocenters. The van der Waals surface area contributed by atoms with Gasteiger partial charge in [0.15, 0.2) is 0 Å². The second-order valence-electron chi connectivity index (χ2n) is 6.70. The van der Waals surface area contributed by atoms with Gasteiger partial charge in [0.2, 0.25) is 5.56 Å². The normalized spacial score (nSPS) is 10.9. The monoisotopic (exact) mass is 424 g/mol. The van der Waals surface area contributed by atoms with E-state index in [0.29, 0.717) is 21.7 Å². The Labute approximate surface area is 175 Å². The molecule has 4 aromatic rings. The van der Waals surface area contributed by atoms with Crippen molar-refractivity contribution in [1.82, 2.24) is 4.98 Å². The Morgan fingerprint density at radius 1 is 0.967 bits per heavy atom. The fraction of sp³-hybridized carbons (Fsp3) is 0.0435. The number of nitrogens with zero attached hydrogens (tertiary/aromatic N) is 1. The number of nitrogens with one attached hydrogen (secondary N) is 1. The molecule has 7 heteroatoms. The second kappa shape index (κ2) is 8.08. The number of aromatic nitrogens is 1. The van der Waals surface area contributed by atoms with Crippen molar-refractivity contribution in [3.8, 4) is 0 Å². The van der Waals surface area contributed by atoms with E-state index in [1.165, 1.54) is 41.3 Å². The molecular weight excluding hydrogens is 410 g/mol. The summed E-state index contributed by atoms with van der Waals surface area (Å²) in [6.07, 6.45) is 0. The highest BCUT2D eigenvalue weighted by Crippen LogP contribution is 2.26. The Bertz CT molecular complexity index is 1320. The lowest BCUT2D eigenvalue weighted by molar-refractivity contribution is 0.0985. The molecule has 3 aromatic carbocycles. The standard InChI is InChI=1S/C23H15ClF2N2O2/c24-16-5-2-7-18(12-16)28(23(30)14-4-1-6-17(25)10-14)13-15-11-21(29)27-22-19(15)8-3-9-20(22)26/h1-12H,13H2,(H,27,29). The van der Waals surface area contributed by atoms with E-state index in [2.05, 4.69) is 4.98 Å². The maximum absolute atomic E-state index is 14.2. The van der Waals surface area contributed by atoms with E-state index in [0.717, 1.165) is 6.07 Å². The van der Waals surface area contributed by atoms with Gasteiger partial charge in [0.1, 0.15) is 11.6 Å². The third-order valence-corrected chi connectivity index (χ3v) is 4.91. The second-order valence-corrected chi connectivity index (χ2v) is 7.14. The first-order valence-corrected chi connectivity index (χ1v) is 9.43. The zero-order valence-electron chi connectivity index (χ0n) is 15.5. The first-order chi connectivity index (χ1) is 14.4.